The van der Waals surface area contributed by atoms with E-state index in [4.69, 9.17) is 9.47 Å². The van der Waals surface area contributed by atoms with Crippen molar-refractivity contribution in [2.24, 2.45) is 17.8 Å². The van der Waals surface area contributed by atoms with Crippen molar-refractivity contribution in [1.29, 1.82) is 0 Å². The number of urea groups is 1. The molecule has 4 saturated carbocycles. The second kappa shape index (κ2) is 13.6. The molecular formula is C38H47N3O6. The van der Waals surface area contributed by atoms with Crippen LogP contribution in [0.1, 0.15) is 85.7 Å². The molecule has 2 amide bonds. The van der Waals surface area contributed by atoms with Crippen molar-refractivity contribution in [2.75, 3.05) is 25.5 Å². The van der Waals surface area contributed by atoms with Crippen molar-refractivity contribution >= 4 is 11.7 Å². The van der Waals surface area contributed by atoms with Crippen molar-refractivity contribution in [3.05, 3.63) is 95.1 Å². The third-order valence-corrected chi connectivity index (χ3v) is 10.7. The van der Waals surface area contributed by atoms with Crippen LogP contribution in [-0.2, 0) is 16.1 Å². The average Bonchev–Trinajstić information content (AvgIpc) is 3.03. The molecule has 1 heterocycles. The lowest BCUT2D eigenvalue weighted by atomic mass is 9.53. The highest BCUT2D eigenvalue weighted by atomic mass is 16.7. The molecule has 9 heteroatoms. The molecule has 47 heavy (non-hydrogen) atoms. The highest BCUT2D eigenvalue weighted by Gasteiger charge is 2.51. The minimum atomic E-state index is -0.767. The van der Waals surface area contributed by atoms with Gasteiger partial charge in [0.2, 0.25) is 0 Å². The van der Waals surface area contributed by atoms with Crippen LogP contribution < -0.4 is 10.6 Å². The van der Waals surface area contributed by atoms with Crippen LogP contribution in [0.5, 0.6) is 5.75 Å². The van der Waals surface area contributed by atoms with E-state index in [0.29, 0.717) is 30.8 Å². The van der Waals surface area contributed by atoms with E-state index >= 15 is 0 Å². The number of nitrogens with one attached hydrogen (secondary N) is 2. The molecule has 1 aliphatic heterocycles. The highest BCUT2D eigenvalue weighted by molar-refractivity contribution is 5.90. The number of hydrogen-bond acceptors (Lipinski definition) is 7. The predicted octanol–water partition coefficient (Wildman–Crippen LogP) is 6.19. The zero-order valence-electron chi connectivity index (χ0n) is 27.1. The first kappa shape index (κ1) is 32.1. The topological polar surface area (TPSA) is 124 Å². The number of anilines is 1. The van der Waals surface area contributed by atoms with Crippen molar-refractivity contribution in [3.8, 4) is 5.75 Å². The zero-order chi connectivity index (χ0) is 32.5. The minimum absolute atomic E-state index is 0.0251. The maximum atomic E-state index is 13.3. The first-order valence-electron chi connectivity index (χ1n) is 17.1. The van der Waals surface area contributed by atoms with E-state index in [2.05, 4.69) is 10.6 Å². The van der Waals surface area contributed by atoms with Gasteiger partial charge in [0.15, 0.2) is 6.29 Å². The molecular weight excluding hydrogens is 594 g/mol. The molecule has 4 atom stereocenters. The van der Waals surface area contributed by atoms with Crippen LogP contribution in [0.3, 0.4) is 0 Å². The van der Waals surface area contributed by atoms with Gasteiger partial charge in [0, 0.05) is 36.3 Å². The largest absolute Gasteiger partial charge is 0.508 e. The summed E-state index contributed by atoms with van der Waals surface area (Å²) in [6, 6.07) is 22.0. The van der Waals surface area contributed by atoms with Gasteiger partial charge in [0.05, 0.1) is 24.9 Å². The number of rotatable bonds is 10. The molecule has 8 rings (SSSR count). The number of aliphatic hydroxyl groups excluding tert-OH is 2. The maximum absolute atomic E-state index is 13.3. The van der Waals surface area contributed by atoms with Gasteiger partial charge in [0.1, 0.15) is 5.75 Å². The summed E-state index contributed by atoms with van der Waals surface area (Å²) in [4.78, 5) is 15.3. The second-order valence-electron chi connectivity index (χ2n) is 14.6. The summed E-state index contributed by atoms with van der Waals surface area (Å²) in [6.07, 6.45) is 5.96. The van der Waals surface area contributed by atoms with Crippen molar-refractivity contribution in [1.82, 2.24) is 10.2 Å². The van der Waals surface area contributed by atoms with Gasteiger partial charge in [-0.3, -0.25) is 0 Å². The van der Waals surface area contributed by atoms with Crippen molar-refractivity contribution in [3.63, 3.8) is 0 Å². The van der Waals surface area contributed by atoms with Crippen LogP contribution in [0.25, 0.3) is 0 Å². The third-order valence-electron chi connectivity index (χ3n) is 10.7. The lowest BCUT2D eigenvalue weighted by molar-refractivity contribution is -0.252. The number of ether oxygens (including phenoxy) is 2. The SMILES string of the molecule is CN(C[C@H]1C[C@@H](c2ccc(CO)cc2)O[C@@H](c2cccc(NC(=O)NC34CC5CC(CC(C5)C3)C4)c2)O1)C[C@@H](O)c1cccc(O)c1. The summed E-state index contributed by atoms with van der Waals surface area (Å²) in [5, 5.41) is 36.7. The van der Waals surface area contributed by atoms with E-state index in [0.717, 1.165) is 53.7 Å². The monoisotopic (exact) mass is 641 g/mol. The Labute approximate surface area is 276 Å². The first-order chi connectivity index (χ1) is 22.7. The fourth-order valence-corrected chi connectivity index (χ4v) is 9.02. The van der Waals surface area contributed by atoms with Gasteiger partial charge in [-0.05, 0) is 104 Å². The number of carbonyl (C=O) groups is 1. The molecule has 3 aromatic rings. The molecule has 4 bridgehead atoms. The van der Waals surface area contributed by atoms with Gasteiger partial charge in [-0.2, -0.15) is 0 Å². The molecule has 0 aromatic heterocycles. The molecule has 1 saturated heterocycles. The molecule has 0 radical (unpaired) electrons. The van der Waals surface area contributed by atoms with E-state index in [9.17, 15) is 20.1 Å². The van der Waals surface area contributed by atoms with Gasteiger partial charge < -0.3 is 40.3 Å². The number of nitrogens with zero attached hydrogens (tertiary/aromatic N) is 1. The first-order valence-corrected chi connectivity index (χ1v) is 17.1. The summed E-state index contributed by atoms with van der Waals surface area (Å²) in [6.45, 7) is 0.887. The second-order valence-corrected chi connectivity index (χ2v) is 14.6. The molecule has 9 nitrogen and oxygen atoms in total. The van der Waals surface area contributed by atoms with Crippen molar-refractivity contribution < 1.29 is 29.6 Å². The Balaban J connectivity index is 1.04. The van der Waals surface area contributed by atoms with E-state index < -0.39 is 12.4 Å². The Bertz CT molecular complexity index is 1510. The van der Waals surface area contributed by atoms with Gasteiger partial charge in [-0.25, -0.2) is 4.79 Å². The molecule has 5 N–H and O–H groups in total. The van der Waals surface area contributed by atoms with Crippen LogP contribution in [0, 0.1) is 17.8 Å². The minimum Gasteiger partial charge on any atom is -0.508 e. The van der Waals surface area contributed by atoms with Crippen LogP contribution >= 0.6 is 0 Å². The number of carbonyl (C=O) groups excluding carboxylic acids is 1. The normalized spacial score (nSPS) is 30.3. The van der Waals surface area contributed by atoms with Crippen LogP contribution in [0.4, 0.5) is 10.5 Å². The summed E-state index contributed by atoms with van der Waals surface area (Å²) in [7, 11) is 1.94. The van der Waals surface area contributed by atoms with E-state index in [1.165, 1.54) is 19.3 Å². The lowest BCUT2D eigenvalue weighted by Crippen LogP contribution is -2.60. The Morgan fingerprint density at radius 1 is 0.915 bits per heavy atom. The maximum Gasteiger partial charge on any atom is 0.319 e. The molecule has 5 aliphatic rings. The molecule has 5 fully saturated rings. The number of hydrogen-bond donors (Lipinski definition) is 5. The number of aromatic hydroxyl groups is 1. The fraction of sp³-hybridized carbons (Fsp3) is 0.500. The fourth-order valence-electron chi connectivity index (χ4n) is 9.02. The standard InChI is InChI=1S/C38H47N3O6/c1-41(22-34(44)29-4-3-7-32(43)16-29)21-33-17-35(28-10-8-24(23-42)9-11-28)47-36(46-33)30-5-2-6-31(15-30)39-37(45)40-38-18-25-12-26(19-38)14-27(13-25)20-38/h2-11,15-16,25-27,33-36,42-44H,12-14,17-23H2,1H3,(H2,39,40,45)/t25?,26?,27?,33-,34-,35+,36+,38?/m1/s1. The molecule has 3 aromatic carbocycles. The molecule has 250 valence electrons. The summed E-state index contributed by atoms with van der Waals surface area (Å²) in [5.41, 5.74) is 3.91. The van der Waals surface area contributed by atoms with Gasteiger partial charge in [0.25, 0.3) is 0 Å². The third kappa shape index (κ3) is 7.50. The van der Waals surface area contributed by atoms with Crippen LogP contribution in [0.2, 0.25) is 0 Å². The van der Waals surface area contributed by atoms with Crippen molar-refractivity contribution in [2.45, 2.75) is 81.7 Å². The van der Waals surface area contributed by atoms with Gasteiger partial charge in [-0.15, -0.1) is 0 Å². The number of amides is 2. The van der Waals surface area contributed by atoms with Crippen LogP contribution in [-0.4, -0.2) is 58.0 Å². The quantitative estimate of drug-likeness (QED) is 0.179. The Morgan fingerprint density at radius 2 is 1.62 bits per heavy atom. The Kier molecular flexibility index (Phi) is 9.26. The predicted molar refractivity (Wildman–Crippen MR) is 178 cm³/mol. The van der Waals surface area contributed by atoms with E-state index in [1.54, 1.807) is 24.3 Å². The zero-order valence-corrected chi connectivity index (χ0v) is 27.1. The highest BCUT2D eigenvalue weighted by Crippen LogP contribution is 2.55. The number of aliphatic hydroxyl groups is 2. The summed E-state index contributed by atoms with van der Waals surface area (Å²) >= 11 is 0. The molecule has 0 unspecified atom stereocenters. The van der Waals surface area contributed by atoms with E-state index in [-0.39, 0.29) is 36.1 Å². The number of phenols is 1. The van der Waals surface area contributed by atoms with Gasteiger partial charge >= 0.3 is 6.03 Å². The Morgan fingerprint density at radius 3 is 2.30 bits per heavy atom. The summed E-state index contributed by atoms with van der Waals surface area (Å²) < 4.78 is 13.1. The van der Waals surface area contributed by atoms with Crippen LogP contribution in [0.15, 0.2) is 72.8 Å². The Hall–Kier alpha value is -3.47. The molecule has 4 aliphatic carbocycles. The van der Waals surface area contributed by atoms with Gasteiger partial charge in [-0.1, -0.05) is 48.5 Å². The average molecular weight is 642 g/mol. The summed E-state index contributed by atoms with van der Waals surface area (Å²) in [5.74, 6) is 2.37. The smallest absolute Gasteiger partial charge is 0.319 e. The van der Waals surface area contributed by atoms with E-state index in [1.807, 2.05) is 60.5 Å². The number of phenolic OH excluding ortho intramolecular Hbond substituents is 1. The number of benzene rings is 3. The lowest BCUT2D eigenvalue weighted by Gasteiger charge is -2.56. The number of likely N-dealkylation sites (N-methyl/N-ethyl adjacent to an activating group) is 1. The molecule has 0 spiro atoms.